The van der Waals surface area contributed by atoms with Gasteiger partial charge in [-0.3, -0.25) is 4.79 Å². The van der Waals surface area contributed by atoms with E-state index < -0.39 is 5.41 Å². The summed E-state index contributed by atoms with van der Waals surface area (Å²) in [4.78, 5) is 12.6. The van der Waals surface area contributed by atoms with Gasteiger partial charge in [0, 0.05) is 17.4 Å². The largest absolute Gasteiger partial charge is 0.493 e. The van der Waals surface area contributed by atoms with Crippen LogP contribution in [0, 0.1) is 11.3 Å². The second kappa shape index (κ2) is 5.02. The van der Waals surface area contributed by atoms with Gasteiger partial charge in [-0.25, -0.2) is 0 Å². The molecule has 1 aromatic rings. The molecule has 3 aliphatic rings. The molecule has 1 aromatic carbocycles. The summed E-state index contributed by atoms with van der Waals surface area (Å²) >= 11 is 0. The molecule has 3 atom stereocenters. The molecule has 23 heavy (non-hydrogen) atoms. The van der Waals surface area contributed by atoms with Crippen LogP contribution in [-0.2, 0) is 9.53 Å². The molecule has 1 fully saturated rings. The first-order valence-corrected chi connectivity index (χ1v) is 8.22. The van der Waals surface area contributed by atoms with E-state index in [4.69, 9.17) is 14.2 Å². The maximum atomic E-state index is 12.6. The number of methoxy groups -OCH3 is 2. The van der Waals surface area contributed by atoms with E-state index in [1.54, 1.807) is 14.2 Å². The van der Waals surface area contributed by atoms with Crippen LogP contribution >= 0.6 is 0 Å². The van der Waals surface area contributed by atoms with E-state index in [0.29, 0.717) is 6.61 Å². The monoisotopic (exact) mass is 314 g/mol. The zero-order valence-electron chi connectivity index (χ0n) is 13.8. The lowest BCUT2D eigenvalue weighted by Gasteiger charge is -2.42. The fourth-order valence-corrected chi connectivity index (χ4v) is 4.62. The summed E-state index contributed by atoms with van der Waals surface area (Å²) in [5, 5.41) is 0. The minimum atomic E-state index is -0.399. The SMILES string of the molecule is COc1ccc2c(c1OC)[C@@H]1COC(=O)[C@]3(C)CCC=C2[C@@H]3C1. The molecular formula is C19H22O4. The van der Waals surface area contributed by atoms with Crippen molar-refractivity contribution in [1.82, 2.24) is 0 Å². The van der Waals surface area contributed by atoms with E-state index >= 15 is 0 Å². The Balaban J connectivity index is 1.97. The van der Waals surface area contributed by atoms with E-state index in [-0.39, 0.29) is 17.8 Å². The van der Waals surface area contributed by atoms with Gasteiger partial charge in [-0.05, 0) is 43.4 Å². The van der Waals surface area contributed by atoms with Crippen molar-refractivity contribution < 1.29 is 19.0 Å². The molecule has 0 aromatic heterocycles. The van der Waals surface area contributed by atoms with Crippen LogP contribution in [-0.4, -0.2) is 26.8 Å². The number of fused-ring (bicyclic) bond motifs is 4. The molecule has 2 bridgehead atoms. The van der Waals surface area contributed by atoms with Crippen LogP contribution in [0.25, 0.3) is 5.57 Å². The Morgan fingerprint density at radius 3 is 2.83 bits per heavy atom. The van der Waals surface area contributed by atoms with Crippen LogP contribution in [0.1, 0.15) is 43.2 Å². The van der Waals surface area contributed by atoms with Crippen molar-refractivity contribution in [3.63, 3.8) is 0 Å². The van der Waals surface area contributed by atoms with Gasteiger partial charge in [-0.2, -0.15) is 0 Å². The highest BCUT2D eigenvalue weighted by molar-refractivity contribution is 5.86. The van der Waals surface area contributed by atoms with E-state index in [0.717, 1.165) is 36.3 Å². The van der Waals surface area contributed by atoms with Crippen molar-refractivity contribution in [2.24, 2.45) is 11.3 Å². The van der Waals surface area contributed by atoms with E-state index in [2.05, 4.69) is 19.1 Å². The predicted octanol–water partition coefficient (Wildman–Crippen LogP) is 3.55. The Bertz CT molecular complexity index is 706. The second-order valence-electron chi connectivity index (χ2n) is 6.96. The van der Waals surface area contributed by atoms with Crippen molar-refractivity contribution in [1.29, 1.82) is 0 Å². The van der Waals surface area contributed by atoms with E-state index in [9.17, 15) is 4.79 Å². The fourth-order valence-electron chi connectivity index (χ4n) is 4.62. The average Bonchev–Trinajstić information content (AvgIpc) is 2.70. The Morgan fingerprint density at radius 1 is 1.26 bits per heavy atom. The second-order valence-corrected chi connectivity index (χ2v) is 6.96. The molecule has 0 amide bonds. The maximum absolute atomic E-state index is 12.6. The number of carbonyl (C=O) groups excluding carboxylic acids is 1. The van der Waals surface area contributed by atoms with Crippen LogP contribution in [0.3, 0.4) is 0 Å². The molecular weight excluding hydrogens is 292 g/mol. The number of hydrogen-bond donors (Lipinski definition) is 0. The Labute approximate surface area is 136 Å². The number of allylic oxidation sites excluding steroid dienone is 2. The molecule has 0 radical (unpaired) electrons. The fraction of sp³-hybridized carbons (Fsp3) is 0.526. The van der Waals surface area contributed by atoms with Gasteiger partial charge >= 0.3 is 5.97 Å². The topological polar surface area (TPSA) is 44.8 Å². The van der Waals surface area contributed by atoms with Gasteiger partial charge in [0.2, 0.25) is 0 Å². The number of hydrogen-bond acceptors (Lipinski definition) is 4. The maximum Gasteiger partial charge on any atom is 0.312 e. The summed E-state index contributed by atoms with van der Waals surface area (Å²) in [6.45, 7) is 2.50. The number of benzene rings is 1. The van der Waals surface area contributed by atoms with E-state index in [1.165, 1.54) is 11.1 Å². The molecule has 1 aliphatic heterocycles. The predicted molar refractivity (Wildman–Crippen MR) is 86.7 cm³/mol. The molecule has 4 nitrogen and oxygen atoms in total. The average molecular weight is 314 g/mol. The molecule has 4 heteroatoms. The third-order valence-electron chi connectivity index (χ3n) is 5.88. The Hall–Kier alpha value is -1.97. The van der Waals surface area contributed by atoms with Gasteiger partial charge in [0.05, 0.1) is 26.2 Å². The van der Waals surface area contributed by atoms with Crippen molar-refractivity contribution in [2.75, 3.05) is 20.8 Å². The number of ether oxygens (including phenoxy) is 3. The Kier molecular flexibility index (Phi) is 3.19. The number of cyclic esters (lactones) is 1. The smallest absolute Gasteiger partial charge is 0.312 e. The van der Waals surface area contributed by atoms with Gasteiger partial charge in [0.1, 0.15) is 0 Å². The third-order valence-corrected chi connectivity index (χ3v) is 5.88. The van der Waals surface area contributed by atoms with Gasteiger partial charge in [-0.1, -0.05) is 12.1 Å². The lowest BCUT2D eigenvalue weighted by atomic mass is 9.59. The molecule has 0 saturated carbocycles. The van der Waals surface area contributed by atoms with Crippen LogP contribution in [0.4, 0.5) is 0 Å². The number of esters is 1. The third kappa shape index (κ3) is 1.87. The summed E-state index contributed by atoms with van der Waals surface area (Å²) in [5.41, 5.74) is 3.22. The first-order valence-electron chi connectivity index (χ1n) is 8.22. The van der Waals surface area contributed by atoms with Crippen LogP contribution < -0.4 is 9.47 Å². The summed E-state index contributed by atoms with van der Waals surface area (Å²) < 4.78 is 16.8. The molecule has 0 spiro atoms. The van der Waals surface area contributed by atoms with Crippen molar-refractivity contribution >= 4 is 11.5 Å². The van der Waals surface area contributed by atoms with Gasteiger partial charge in [0.15, 0.2) is 11.5 Å². The Morgan fingerprint density at radius 2 is 2.09 bits per heavy atom. The summed E-state index contributed by atoms with van der Waals surface area (Å²) in [6.07, 6.45) is 5.02. The number of rotatable bonds is 2. The van der Waals surface area contributed by atoms with Crippen molar-refractivity contribution in [3.8, 4) is 11.5 Å². The highest BCUT2D eigenvalue weighted by Gasteiger charge is 2.52. The highest BCUT2D eigenvalue weighted by atomic mass is 16.5. The minimum Gasteiger partial charge on any atom is -0.493 e. The lowest BCUT2D eigenvalue weighted by molar-refractivity contribution is -0.155. The highest BCUT2D eigenvalue weighted by Crippen LogP contribution is 2.58. The van der Waals surface area contributed by atoms with Crippen LogP contribution in [0.2, 0.25) is 0 Å². The van der Waals surface area contributed by atoms with Crippen molar-refractivity contribution in [3.05, 3.63) is 29.3 Å². The van der Waals surface area contributed by atoms with E-state index in [1.807, 2.05) is 6.07 Å². The standard InChI is InChI=1S/C19H22O4/c1-19-8-4-5-12-13-6-7-15(21-2)17(22-3)16(13)11(9-14(12)19)10-23-18(19)20/h5-7,11,14H,4,8-10H2,1-3H3/t11-,14-,19+/m0/s1. The zero-order valence-corrected chi connectivity index (χ0v) is 13.8. The summed E-state index contributed by atoms with van der Waals surface area (Å²) in [5.74, 6) is 1.87. The van der Waals surface area contributed by atoms with Crippen LogP contribution in [0.5, 0.6) is 11.5 Å². The normalized spacial score (nSPS) is 31.4. The molecule has 4 rings (SSSR count). The lowest BCUT2D eigenvalue weighted by Crippen LogP contribution is -2.39. The van der Waals surface area contributed by atoms with Gasteiger partial charge in [0.25, 0.3) is 0 Å². The van der Waals surface area contributed by atoms with Crippen molar-refractivity contribution in [2.45, 2.75) is 32.1 Å². The van der Waals surface area contributed by atoms with Gasteiger partial charge < -0.3 is 14.2 Å². The molecule has 0 unspecified atom stereocenters. The molecule has 0 N–H and O–H groups in total. The summed E-state index contributed by atoms with van der Waals surface area (Å²) in [6, 6.07) is 4.08. The first kappa shape index (κ1) is 14.6. The molecule has 2 aliphatic carbocycles. The number of carbonyl (C=O) groups is 1. The van der Waals surface area contributed by atoms with Crippen LogP contribution in [0.15, 0.2) is 18.2 Å². The zero-order chi connectivity index (χ0) is 16.2. The minimum absolute atomic E-state index is 0.0469. The summed E-state index contributed by atoms with van der Waals surface area (Å²) in [7, 11) is 3.33. The molecule has 1 heterocycles. The van der Waals surface area contributed by atoms with Gasteiger partial charge in [-0.15, -0.1) is 0 Å². The quantitative estimate of drug-likeness (QED) is 0.783. The molecule has 1 saturated heterocycles. The first-order chi connectivity index (χ1) is 11.1. The molecule has 122 valence electrons.